The number of rotatable bonds is 4. The van der Waals surface area contributed by atoms with E-state index in [1.165, 1.54) is 0 Å². The molecule has 3 heteroatoms. The summed E-state index contributed by atoms with van der Waals surface area (Å²) in [5.74, 6) is 0.847. The first-order valence-corrected chi connectivity index (χ1v) is 10.1. The van der Waals surface area contributed by atoms with E-state index in [1.54, 1.807) is 4.90 Å². The number of nitrogens with zero attached hydrogens (tertiary/aromatic N) is 1. The van der Waals surface area contributed by atoms with Crippen molar-refractivity contribution in [1.82, 2.24) is 0 Å². The van der Waals surface area contributed by atoms with Gasteiger partial charge in [-0.3, -0.25) is 9.69 Å². The third-order valence-corrected chi connectivity index (χ3v) is 5.40. The molecule has 1 amide bonds. The fourth-order valence-electron chi connectivity index (χ4n) is 4.07. The molecule has 0 N–H and O–H groups in total. The van der Waals surface area contributed by atoms with Crippen molar-refractivity contribution in [3.05, 3.63) is 102 Å². The highest BCUT2D eigenvalue weighted by Crippen LogP contribution is 2.42. The summed E-state index contributed by atoms with van der Waals surface area (Å²) in [6, 6.07) is 29.9. The molecule has 1 aliphatic rings. The van der Waals surface area contributed by atoms with E-state index in [-0.39, 0.29) is 5.91 Å². The summed E-state index contributed by atoms with van der Waals surface area (Å²) in [7, 11) is 0. The topological polar surface area (TPSA) is 29.5 Å². The van der Waals surface area contributed by atoms with Crippen LogP contribution >= 0.6 is 0 Å². The lowest BCUT2D eigenvalue weighted by molar-refractivity contribution is -0.112. The van der Waals surface area contributed by atoms with E-state index < -0.39 is 0 Å². The maximum Gasteiger partial charge on any atom is 0.263 e. The summed E-state index contributed by atoms with van der Waals surface area (Å²) in [6.07, 6.45) is 2.00. The van der Waals surface area contributed by atoms with Crippen LogP contribution in [0.5, 0.6) is 5.75 Å². The molecule has 4 aromatic carbocycles. The van der Waals surface area contributed by atoms with Crippen LogP contribution in [0.1, 0.15) is 18.1 Å². The predicted molar refractivity (Wildman–Crippen MR) is 123 cm³/mol. The molecule has 0 aliphatic carbocycles. The summed E-state index contributed by atoms with van der Waals surface area (Å²) in [5, 5.41) is 2.12. The van der Waals surface area contributed by atoms with Gasteiger partial charge < -0.3 is 4.74 Å². The number of anilines is 2. The third kappa shape index (κ3) is 2.96. The van der Waals surface area contributed by atoms with Gasteiger partial charge in [0, 0.05) is 16.6 Å². The average Bonchev–Trinajstić information content (AvgIpc) is 3.07. The summed E-state index contributed by atoms with van der Waals surface area (Å²) in [4.78, 5) is 15.3. The number of carbonyl (C=O) groups is 1. The van der Waals surface area contributed by atoms with E-state index in [2.05, 4.69) is 12.1 Å². The van der Waals surface area contributed by atoms with Crippen LogP contribution in [0, 0.1) is 0 Å². The van der Waals surface area contributed by atoms with Gasteiger partial charge in [-0.2, -0.15) is 0 Å². The largest absolute Gasteiger partial charge is 0.493 e. The van der Waals surface area contributed by atoms with Crippen LogP contribution in [0.2, 0.25) is 0 Å². The van der Waals surface area contributed by atoms with Crippen LogP contribution in [0.15, 0.2) is 91.0 Å². The maximum absolute atomic E-state index is 13.5. The Labute approximate surface area is 175 Å². The Hall–Kier alpha value is -3.85. The molecule has 146 valence electrons. The van der Waals surface area contributed by atoms with Gasteiger partial charge in [0.1, 0.15) is 5.75 Å². The third-order valence-electron chi connectivity index (χ3n) is 5.40. The molecule has 3 nitrogen and oxygen atoms in total. The van der Waals surface area contributed by atoms with Gasteiger partial charge in [-0.15, -0.1) is 0 Å². The molecule has 0 unspecified atom stereocenters. The molecule has 1 aliphatic heterocycles. The second kappa shape index (κ2) is 7.53. The number of fused-ring (bicyclic) bond motifs is 2. The second-order valence-electron chi connectivity index (χ2n) is 7.18. The minimum Gasteiger partial charge on any atom is -0.493 e. The summed E-state index contributed by atoms with van der Waals surface area (Å²) in [5.41, 5.74) is 4.43. The Bertz CT molecular complexity index is 1270. The first-order chi connectivity index (χ1) is 14.8. The number of hydrogen-bond donors (Lipinski definition) is 0. The molecular formula is C27H21NO2. The maximum atomic E-state index is 13.5. The van der Waals surface area contributed by atoms with Crippen molar-refractivity contribution in [2.75, 3.05) is 11.5 Å². The smallest absolute Gasteiger partial charge is 0.263 e. The lowest BCUT2D eigenvalue weighted by Gasteiger charge is -2.16. The van der Waals surface area contributed by atoms with Gasteiger partial charge >= 0.3 is 0 Å². The molecule has 5 rings (SSSR count). The number of para-hydroxylation sites is 2. The summed E-state index contributed by atoms with van der Waals surface area (Å²) < 4.78 is 5.80. The van der Waals surface area contributed by atoms with Gasteiger partial charge in [0.25, 0.3) is 5.91 Å². The normalized spacial score (nSPS) is 14.4. The Morgan fingerprint density at radius 1 is 0.800 bits per heavy atom. The standard InChI is InChI=1S/C27H21NO2/c1-2-30-26-17-16-19(21-12-6-7-14-23(21)26)18-24-22-13-8-9-15-25(22)28(27(24)29)20-10-4-3-5-11-20/h3-18H,2H2,1H3/b24-18+. The van der Waals surface area contributed by atoms with Gasteiger partial charge in [-0.25, -0.2) is 0 Å². The van der Waals surface area contributed by atoms with Crippen molar-refractivity contribution in [1.29, 1.82) is 0 Å². The van der Waals surface area contributed by atoms with Crippen molar-refractivity contribution in [3.8, 4) is 5.75 Å². The molecule has 0 spiro atoms. The molecule has 0 radical (unpaired) electrons. The van der Waals surface area contributed by atoms with E-state index >= 15 is 0 Å². The minimum atomic E-state index is -0.0136. The lowest BCUT2D eigenvalue weighted by Crippen LogP contribution is -2.20. The summed E-state index contributed by atoms with van der Waals surface area (Å²) >= 11 is 0. The van der Waals surface area contributed by atoms with Crippen molar-refractivity contribution < 1.29 is 9.53 Å². The van der Waals surface area contributed by atoms with E-state index in [4.69, 9.17) is 4.74 Å². The molecule has 4 aromatic rings. The van der Waals surface area contributed by atoms with Crippen molar-refractivity contribution >= 4 is 39.7 Å². The Morgan fingerprint density at radius 2 is 1.50 bits per heavy atom. The quantitative estimate of drug-likeness (QED) is 0.374. The Kier molecular flexibility index (Phi) is 4.56. The highest BCUT2D eigenvalue weighted by Gasteiger charge is 2.33. The van der Waals surface area contributed by atoms with Crippen molar-refractivity contribution in [2.24, 2.45) is 0 Å². The van der Waals surface area contributed by atoms with Gasteiger partial charge in [0.15, 0.2) is 0 Å². The average molecular weight is 391 g/mol. The number of carbonyl (C=O) groups excluding carboxylic acids is 1. The Morgan fingerprint density at radius 3 is 2.30 bits per heavy atom. The molecule has 0 bridgehead atoms. The van der Waals surface area contributed by atoms with E-state index in [0.29, 0.717) is 12.2 Å². The van der Waals surface area contributed by atoms with Gasteiger partial charge in [-0.1, -0.05) is 66.7 Å². The molecule has 1 heterocycles. The molecule has 0 saturated carbocycles. The fourth-order valence-corrected chi connectivity index (χ4v) is 4.07. The minimum absolute atomic E-state index is 0.0136. The number of hydrogen-bond acceptors (Lipinski definition) is 2. The SMILES string of the molecule is CCOc1ccc(/C=C2/C(=O)N(c3ccccc3)c3ccccc32)c2ccccc12. The zero-order chi connectivity index (χ0) is 20.5. The monoisotopic (exact) mass is 391 g/mol. The van der Waals surface area contributed by atoms with Gasteiger partial charge in [0.05, 0.1) is 17.9 Å². The highest BCUT2D eigenvalue weighted by molar-refractivity contribution is 6.38. The van der Waals surface area contributed by atoms with Crippen LogP contribution < -0.4 is 9.64 Å². The van der Waals surface area contributed by atoms with E-state index in [1.807, 2.05) is 91.9 Å². The van der Waals surface area contributed by atoms with Crippen LogP contribution in [0.4, 0.5) is 11.4 Å². The zero-order valence-electron chi connectivity index (χ0n) is 16.7. The molecule has 0 atom stereocenters. The van der Waals surface area contributed by atoms with Crippen molar-refractivity contribution in [3.63, 3.8) is 0 Å². The highest BCUT2D eigenvalue weighted by atomic mass is 16.5. The van der Waals surface area contributed by atoms with Crippen LogP contribution in [0.3, 0.4) is 0 Å². The van der Waals surface area contributed by atoms with Crippen LogP contribution in [0.25, 0.3) is 22.4 Å². The van der Waals surface area contributed by atoms with E-state index in [0.717, 1.165) is 39.0 Å². The molecule has 0 aromatic heterocycles. The second-order valence-corrected chi connectivity index (χ2v) is 7.18. The first kappa shape index (κ1) is 18.2. The predicted octanol–water partition coefficient (Wildman–Crippen LogP) is 6.46. The molecular weight excluding hydrogens is 370 g/mol. The van der Waals surface area contributed by atoms with Gasteiger partial charge in [0.2, 0.25) is 0 Å². The van der Waals surface area contributed by atoms with Gasteiger partial charge in [-0.05, 0) is 48.2 Å². The zero-order valence-corrected chi connectivity index (χ0v) is 16.7. The first-order valence-electron chi connectivity index (χ1n) is 10.1. The lowest BCUT2D eigenvalue weighted by atomic mass is 9.99. The van der Waals surface area contributed by atoms with Crippen LogP contribution in [-0.2, 0) is 4.79 Å². The Balaban J connectivity index is 1.68. The van der Waals surface area contributed by atoms with Crippen molar-refractivity contribution in [2.45, 2.75) is 6.92 Å². The summed E-state index contributed by atoms with van der Waals surface area (Å²) in [6.45, 7) is 2.60. The number of benzene rings is 4. The molecule has 0 saturated heterocycles. The number of amides is 1. The fraction of sp³-hybridized carbons (Fsp3) is 0.0741. The molecule has 0 fully saturated rings. The number of ether oxygens (including phenoxy) is 1. The molecule has 30 heavy (non-hydrogen) atoms. The van der Waals surface area contributed by atoms with E-state index in [9.17, 15) is 4.79 Å². The van der Waals surface area contributed by atoms with Crippen LogP contribution in [-0.4, -0.2) is 12.5 Å².